The smallest absolute Gasteiger partial charge is 0.0908 e. The maximum atomic E-state index is 6.27. The van der Waals surface area contributed by atoms with Gasteiger partial charge in [-0.25, -0.2) is 0 Å². The van der Waals surface area contributed by atoms with Crippen molar-refractivity contribution in [3.8, 4) is 0 Å². The van der Waals surface area contributed by atoms with Crippen LogP contribution in [0, 0.1) is 3.57 Å². The van der Waals surface area contributed by atoms with Gasteiger partial charge in [-0.15, -0.1) is 5.73 Å². The van der Waals surface area contributed by atoms with E-state index in [0.29, 0.717) is 0 Å². The molecule has 0 aromatic heterocycles. The third-order valence-corrected chi connectivity index (χ3v) is 4.94. The lowest BCUT2D eigenvalue weighted by Gasteiger charge is -2.14. The summed E-state index contributed by atoms with van der Waals surface area (Å²) >= 11 is 2.38. The van der Waals surface area contributed by atoms with E-state index < -0.39 is 0 Å². The molecule has 2 aromatic rings. The highest BCUT2D eigenvalue weighted by molar-refractivity contribution is 14.1. The Labute approximate surface area is 139 Å². The van der Waals surface area contributed by atoms with E-state index in [1.54, 1.807) is 0 Å². The molecule has 1 heterocycles. The van der Waals surface area contributed by atoms with Crippen LogP contribution in [0.25, 0.3) is 0 Å². The molecule has 2 unspecified atom stereocenters. The Hall–Kier alpha value is -1.35. The van der Waals surface area contributed by atoms with Gasteiger partial charge in [-0.2, -0.15) is 0 Å². The Balaban J connectivity index is 1.80. The molecule has 1 aliphatic rings. The predicted molar refractivity (Wildman–Crippen MR) is 94.2 cm³/mol. The molecule has 0 spiro atoms. The van der Waals surface area contributed by atoms with Gasteiger partial charge in [-0.1, -0.05) is 55.1 Å². The summed E-state index contributed by atoms with van der Waals surface area (Å²) in [5, 5.41) is 0. The van der Waals surface area contributed by atoms with Crippen LogP contribution in [0.5, 0.6) is 0 Å². The standard InChI is InChI=1S/C19H17IO/c1-2-14-12-19(15-8-4-3-5-9-15)21-18(14)13-16-10-6-7-11-17(16)20/h3-11,18-19H,1,12-13H2. The number of hydrogen-bond acceptors (Lipinski definition) is 1. The molecule has 0 bridgehead atoms. The van der Waals surface area contributed by atoms with Crippen molar-refractivity contribution in [2.75, 3.05) is 0 Å². The van der Waals surface area contributed by atoms with E-state index in [0.717, 1.165) is 12.8 Å². The van der Waals surface area contributed by atoms with Gasteiger partial charge in [0.25, 0.3) is 0 Å². The van der Waals surface area contributed by atoms with Crippen molar-refractivity contribution < 1.29 is 4.74 Å². The Kier molecular flexibility index (Phi) is 4.59. The van der Waals surface area contributed by atoms with E-state index in [-0.39, 0.29) is 12.2 Å². The quantitative estimate of drug-likeness (QED) is 0.527. The number of ether oxygens (including phenoxy) is 1. The van der Waals surface area contributed by atoms with Gasteiger partial charge in [0.1, 0.15) is 0 Å². The lowest BCUT2D eigenvalue weighted by molar-refractivity contribution is 0.0523. The van der Waals surface area contributed by atoms with Gasteiger partial charge in [0.15, 0.2) is 0 Å². The highest BCUT2D eigenvalue weighted by Crippen LogP contribution is 2.37. The van der Waals surface area contributed by atoms with E-state index in [2.05, 4.69) is 83.4 Å². The van der Waals surface area contributed by atoms with Crippen molar-refractivity contribution in [1.82, 2.24) is 0 Å². The Morgan fingerprint density at radius 1 is 1.10 bits per heavy atom. The van der Waals surface area contributed by atoms with Gasteiger partial charge in [-0.05, 0) is 39.8 Å². The molecule has 3 rings (SSSR count). The molecule has 2 aromatic carbocycles. The SMILES string of the molecule is C=C=C1CC(c2ccccc2)OC1Cc1ccccc1I. The average molecular weight is 388 g/mol. The van der Waals surface area contributed by atoms with E-state index in [4.69, 9.17) is 4.74 Å². The number of benzene rings is 2. The van der Waals surface area contributed by atoms with E-state index in [1.165, 1.54) is 20.3 Å². The minimum atomic E-state index is 0.0867. The molecule has 1 nitrogen and oxygen atoms in total. The summed E-state index contributed by atoms with van der Waals surface area (Å²) in [6.45, 7) is 3.84. The van der Waals surface area contributed by atoms with Crippen LogP contribution in [-0.2, 0) is 11.2 Å². The molecule has 0 saturated carbocycles. The zero-order chi connectivity index (χ0) is 14.7. The van der Waals surface area contributed by atoms with Crippen molar-refractivity contribution in [1.29, 1.82) is 0 Å². The van der Waals surface area contributed by atoms with E-state index in [9.17, 15) is 0 Å². The minimum absolute atomic E-state index is 0.0867. The zero-order valence-corrected chi connectivity index (χ0v) is 13.9. The molecule has 1 fully saturated rings. The van der Waals surface area contributed by atoms with Crippen LogP contribution >= 0.6 is 22.6 Å². The highest BCUT2D eigenvalue weighted by Gasteiger charge is 2.31. The van der Waals surface area contributed by atoms with Crippen LogP contribution in [0.15, 0.2) is 72.5 Å². The van der Waals surface area contributed by atoms with Crippen LogP contribution in [0.4, 0.5) is 0 Å². The molecule has 0 aliphatic carbocycles. The van der Waals surface area contributed by atoms with Crippen molar-refractivity contribution in [3.63, 3.8) is 0 Å². The largest absolute Gasteiger partial charge is 0.365 e. The molecule has 0 radical (unpaired) electrons. The van der Waals surface area contributed by atoms with E-state index in [1.807, 2.05) is 6.07 Å². The molecule has 2 atom stereocenters. The Morgan fingerprint density at radius 3 is 2.52 bits per heavy atom. The fourth-order valence-corrected chi connectivity index (χ4v) is 3.35. The van der Waals surface area contributed by atoms with Crippen LogP contribution in [0.3, 0.4) is 0 Å². The molecule has 1 saturated heterocycles. The van der Waals surface area contributed by atoms with Gasteiger partial charge in [0.2, 0.25) is 0 Å². The first-order valence-corrected chi connectivity index (χ1v) is 8.18. The van der Waals surface area contributed by atoms with Crippen LogP contribution in [-0.4, -0.2) is 6.10 Å². The third kappa shape index (κ3) is 3.29. The fraction of sp³-hybridized carbons (Fsp3) is 0.211. The second-order valence-electron chi connectivity index (χ2n) is 5.23. The van der Waals surface area contributed by atoms with Crippen LogP contribution in [0.1, 0.15) is 23.7 Å². The molecule has 0 N–H and O–H groups in total. The van der Waals surface area contributed by atoms with Crippen LogP contribution in [0.2, 0.25) is 0 Å². The highest BCUT2D eigenvalue weighted by atomic mass is 127. The summed E-state index contributed by atoms with van der Waals surface area (Å²) in [7, 11) is 0. The lowest BCUT2D eigenvalue weighted by atomic mass is 9.99. The molecule has 2 heteroatoms. The van der Waals surface area contributed by atoms with Crippen molar-refractivity contribution in [3.05, 3.63) is 87.2 Å². The normalized spacial score (nSPS) is 21.3. The summed E-state index contributed by atoms with van der Waals surface area (Å²) in [6.07, 6.45) is 1.99. The number of rotatable bonds is 3. The second kappa shape index (κ2) is 6.61. The van der Waals surface area contributed by atoms with Gasteiger partial charge >= 0.3 is 0 Å². The maximum absolute atomic E-state index is 6.27. The van der Waals surface area contributed by atoms with Gasteiger partial charge in [-0.3, -0.25) is 0 Å². The fourth-order valence-electron chi connectivity index (χ4n) is 2.74. The first kappa shape index (κ1) is 14.6. The molecule has 1 aliphatic heterocycles. The Morgan fingerprint density at radius 2 is 1.81 bits per heavy atom. The second-order valence-corrected chi connectivity index (χ2v) is 6.39. The Bertz CT molecular complexity index is 671. The third-order valence-electron chi connectivity index (χ3n) is 3.88. The molecule has 21 heavy (non-hydrogen) atoms. The molecular weight excluding hydrogens is 371 g/mol. The van der Waals surface area contributed by atoms with Gasteiger partial charge < -0.3 is 4.74 Å². The summed E-state index contributed by atoms with van der Waals surface area (Å²) in [5.41, 5.74) is 6.83. The van der Waals surface area contributed by atoms with Gasteiger partial charge in [0.05, 0.1) is 12.2 Å². The topological polar surface area (TPSA) is 9.23 Å². The molecular formula is C19H17IO. The lowest BCUT2D eigenvalue weighted by Crippen LogP contribution is -2.12. The minimum Gasteiger partial charge on any atom is -0.365 e. The van der Waals surface area contributed by atoms with Crippen LogP contribution < -0.4 is 0 Å². The summed E-state index contributed by atoms with van der Waals surface area (Å²) in [4.78, 5) is 0. The summed E-state index contributed by atoms with van der Waals surface area (Å²) in [5.74, 6) is 0. The van der Waals surface area contributed by atoms with E-state index >= 15 is 0 Å². The summed E-state index contributed by atoms with van der Waals surface area (Å²) < 4.78 is 7.55. The van der Waals surface area contributed by atoms with Crippen molar-refractivity contribution in [2.24, 2.45) is 0 Å². The average Bonchev–Trinajstić information content (AvgIpc) is 2.93. The maximum Gasteiger partial charge on any atom is 0.0908 e. The molecule has 0 amide bonds. The monoisotopic (exact) mass is 388 g/mol. The number of hydrogen-bond donors (Lipinski definition) is 0. The number of halogens is 1. The zero-order valence-electron chi connectivity index (χ0n) is 11.8. The molecule has 106 valence electrons. The summed E-state index contributed by atoms with van der Waals surface area (Å²) in [6, 6.07) is 18.9. The van der Waals surface area contributed by atoms with Gasteiger partial charge in [0, 0.05) is 22.0 Å². The van der Waals surface area contributed by atoms with Crippen molar-refractivity contribution >= 4 is 22.6 Å². The predicted octanol–water partition coefficient (Wildman–Crippen LogP) is 5.08. The first-order valence-electron chi connectivity index (χ1n) is 7.10. The van der Waals surface area contributed by atoms with Crippen molar-refractivity contribution in [2.45, 2.75) is 25.0 Å². The first-order chi connectivity index (χ1) is 10.3.